The Balaban J connectivity index is 1.60. The highest BCUT2D eigenvalue weighted by molar-refractivity contribution is 5.96. The maximum Gasteiger partial charge on any atom is 0.317 e. The van der Waals surface area contributed by atoms with Crippen LogP contribution in [0, 0.1) is 0 Å². The van der Waals surface area contributed by atoms with Gasteiger partial charge in [-0.2, -0.15) is 0 Å². The van der Waals surface area contributed by atoms with Crippen LogP contribution in [0.1, 0.15) is 32.6 Å². The number of anilines is 1. The summed E-state index contributed by atoms with van der Waals surface area (Å²) in [6.45, 7) is 3.40. The molecule has 0 spiro atoms. The van der Waals surface area contributed by atoms with Crippen molar-refractivity contribution in [1.29, 1.82) is 0 Å². The predicted molar refractivity (Wildman–Crippen MR) is 92.3 cm³/mol. The highest BCUT2D eigenvalue weighted by atomic mass is 16.5. The van der Waals surface area contributed by atoms with Crippen LogP contribution in [-0.4, -0.2) is 49.1 Å². The Morgan fingerprint density at radius 1 is 1.25 bits per heavy atom. The molecule has 2 saturated heterocycles. The van der Waals surface area contributed by atoms with Crippen molar-refractivity contribution in [1.82, 2.24) is 10.2 Å². The van der Waals surface area contributed by atoms with Crippen LogP contribution in [-0.2, 0) is 4.79 Å². The maximum atomic E-state index is 12.5. The van der Waals surface area contributed by atoms with Gasteiger partial charge in [-0.15, -0.1) is 0 Å². The second-order valence-corrected chi connectivity index (χ2v) is 6.59. The third kappa shape index (κ3) is 3.47. The summed E-state index contributed by atoms with van der Waals surface area (Å²) in [6.07, 6.45) is 3.63. The minimum atomic E-state index is -0.138. The van der Waals surface area contributed by atoms with Crippen LogP contribution in [0.15, 0.2) is 24.3 Å². The molecule has 0 radical (unpaired) electrons. The van der Waals surface area contributed by atoms with Crippen molar-refractivity contribution in [3.63, 3.8) is 0 Å². The van der Waals surface area contributed by atoms with Gasteiger partial charge >= 0.3 is 6.03 Å². The van der Waals surface area contributed by atoms with E-state index in [4.69, 9.17) is 4.74 Å². The molecule has 130 valence electrons. The van der Waals surface area contributed by atoms with E-state index in [2.05, 4.69) is 12.2 Å². The molecular weight excluding hydrogens is 306 g/mol. The number of urea groups is 1. The van der Waals surface area contributed by atoms with Crippen LogP contribution >= 0.6 is 0 Å². The van der Waals surface area contributed by atoms with E-state index in [-0.39, 0.29) is 24.0 Å². The summed E-state index contributed by atoms with van der Waals surface area (Å²) in [6, 6.07) is 7.50. The average Bonchev–Trinajstić information content (AvgIpc) is 2.95. The van der Waals surface area contributed by atoms with Gasteiger partial charge in [0.05, 0.1) is 13.2 Å². The van der Waals surface area contributed by atoms with Crippen LogP contribution in [0.5, 0.6) is 5.75 Å². The van der Waals surface area contributed by atoms with Crippen LogP contribution in [0.4, 0.5) is 10.5 Å². The molecule has 0 unspecified atom stereocenters. The van der Waals surface area contributed by atoms with Crippen LogP contribution in [0.2, 0.25) is 0 Å². The standard InChI is InChI=1S/C18H25N3O3/c1-13-5-3-4-10-20(13)18(23)19-14-11-17(22)21(12-14)15-6-8-16(24-2)9-7-15/h6-9,13-14H,3-5,10-12H2,1-2H3,(H,19,23)/t13-,14-/m0/s1. The van der Waals surface area contributed by atoms with E-state index in [1.165, 1.54) is 6.42 Å². The van der Waals surface area contributed by atoms with Crippen LogP contribution in [0.25, 0.3) is 0 Å². The molecule has 3 amide bonds. The summed E-state index contributed by atoms with van der Waals surface area (Å²) in [5, 5.41) is 3.03. The minimum Gasteiger partial charge on any atom is -0.497 e. The zero-order chi connectivity index (χ0) is 17.1. The number of amides is 3. The van der Waals surface area contributed by atoms with Crippen molar-refractivity contribution in [3.8, 4) is 5.75 Å². The Kier molecular flexibility index (Phi) is 4.92. The van der Waals surface area contributed by atoms with Crippen molar-refractivity contribution < 1.29 is 14.3 Å². The molecule has 0 aromatic heterocycles. The Hall–Kier alpha value is -2.24. The molecule has 2 aliphatic rings. The lowest BCUT2D eigenvalue weighted by Crippen LogP contribution is -2.50. The van der Waals surface area contributed by atoms with E-state index in [1.807, 2.05) is 29.2 Å². The number of carbonyl (C=O) groups is 2. The number of hydrogen-bond acceptors (Lipinski definition) is 3. The number of methoxy groups -OCH3 is 1. The summed E-state index contributed by atoms with van der Waals surface area (Å²) in [5.41, 5.74) is 0.837. The van der Waals surface area contributed by atoms with Gasteiger partial charge in [0.2, 0.25) is 5.91 Å². The van der Waals surface area contributed by atoms with Crippen molar-refractivity contribution in [3.05, 3.63) is 24.3 Å². The Morgan fingerprint density at radius 2 is 2.00 bits per heavy atom. The fourth-order valence-electron chi connectivity index (χ4n) is 3.47. The number of hydrogen-bond donors (Lipinski definition) is 1. The molecule has 2 aliphatic heterocycles. The molecule has 2 atom stereocenters. The number of benzene rings is 1. The fourth-order valence-corrected chi connectivity index (χ4v) is 3.47. The molecule has 3 rings (SSSR count). The van der Waals surface area contributed by atoms with Crippen molar-refractivity contribution >= 4 is 17.6 Å². The van der Waals surface area contributed by atoms with Gasteiger partial charge in [0, 0.05) is 31.2 Å². The summed E-state index contributed by atoms with van der Waals surface area (Å²) in [4.78, 5) is 28.4. The lowest BCUT2D eigenvalue weighted by molar-refractivity contribution is -0.117. The van der Waals surface area contributed by atoms with Gasteiger partial charge in [-0.1, -0.05) is 0 Å². The number of rotatable bonds is 3. The molecule has 6 heteroatoms. The molecule has 6 nitrogen and oxygen atoms in total. The first kappa shape index (κ1) is 16.6. The SMILES string of the molecule is COc1ccc(N2C[C@@H](NC(=O)N3CCCC[C@@H]3C)CC2=O)cc1. The van der Waals surface area contributed by atoms with Gasteiger partial charge in [-0.25, -0.2) is 4.79 Å². The molecule has 2 heterocycles. The van der Waals surface area contributed by atoms with E-state index in [0.29, 0.717) is 13.0 Å². The third-order valence-electron chi connectivity index (χ3n) is 4.90. The van der Waals surface area contributed by atoms with Crippen LogP contribution < -0.4 is 15.0 Å². The Morgan fingerprint density at radius 3 is 2.67 bits per heavy atom. The molecule has 1 N–H and O–H groups in total. The first-order valence-corrected chi connectivity index (χ1v) is 8.60. The summed E-state index contributed by atoms with van der Waals surface area (Å²) in [5.74, 6) is 0.798. The maximum absolute atomic E-state index is 12.5. The quantitative estimate of drug-likeness (QED) is 0.925. The molecular formula is C18H25N3O3. The van der Waals surface area contributed by atoms with Gasteiger partial charge in [0.15, 0.2) is 0 Å². The summed E-state index contributed by atoms with van der Waals surface area (Å²) in [7, 11) is 1.61. The van der Waals surface area contributed by atoms with Gasteiger partial charge in [-0.05, 0) is 50.5 Å². The molecule has 2 fully saturated rings. The zero-order valence-corrected chi connectivity index (χ0v) is 14.3. The van der Waals surface area contributed by atoms with Crippen molar-refractivity contribution in [2.75, 3.05) is 25.1 Å². The van der Waals surface area contributed by atoms with E-state index in [9.17, 15) is 9.59 Å². The first-order valence-electron chi connectivity index (χ1n) is 8.60. The number of ether oxygens (including phenoxy) is 1. The first-order chi connectivity index (χ1) is 11.6. The smallest absolute Gasteiger partial charge is 0.317 e. The van der Waals surface area contributed by atoms with Crippen molar-refractivity contribution in [2.45, 2.75) is 44.7 Å². The van der Waals surface area contributed by atoms with Gasteiger partial charge < -0.3 is 19.9 Å². The van der Waals surface area contributed by atoms with E-state index < -0.39 is 0 Å². The Bertz CT molecular complexity index is 602. The minimum absolute atomic E-state index is 0.0390. The number of carbonyl (C=O) groups excluding carboxylic acids is 2. The van der Waals surface area contributed by atoms with E-state index >= 15 is 0 Å². The highest BCUT2D eigenvalue weighted by Gasteiger charge is 2.33. The van der Waals surface area contributed by atoms with Gasteiger partial charge in [0.25, 0.3) is 0 Å². The predicted octanol–water partition coefficient (Wildman–Crippen LogP) is 2.38. The monoisotopic (exact) mass is 331 g/mol. The number of likely N-dealkylation sites (tertiary alicyclic amines) is 1. The lowest BCUT2D eigenvalue weighted by Gasteiger charge is -2.34. The van der Waals surface area contributed by atoms with E-state index in [1.54, 1.807) is 12.0 Å². The number of nitrogens with one attached hydrogen (secondary N) is 1. The second-order valence-electron chi connectivity index (χ2n) is 6.59. The third-order valence-corrected chi connectivity index (χ3v) is 4.90. The van der Waals surface area contributed by atoms with Gasteiger partial charge in [-0.3, -0.25) is 4.79 Å². The van der Waals surface area contributed by atoms with E-state index in [0.717, 1.165) is 30.8 Å². The number of piperidine rings is 1. The molecule has 1 aromatic carbocycles. The largest absolute Gasteiger partial charge is 0.497 e. The molecule has 0 saturated carbocycles. The summed E-state index contributed by atoms with van der Waals surface area (Å²) < 4.78 is 5.14. The molecule has 0 bridgehead atoms. The Labute approximate surface area is 142 Å². The molecule has 0 aliphatic carbocycles. The van der Waals surface area contributed by atoms with Crippen molar-refractivity contribution in [2.24, 2.45) is 0 Å². The number of nitrogens with zero attached hydrogens (tertiary/aromatic N) is 2. The average molecular weight is 331 g/mol. The topological polar surface area (TPSA) is 61.9 Å². The second kappa shape index (κ2) is 7.11. The van der Waals surface area contributed by atoms with Gasteiger partial charge in [0.1, 0.15) is 5.75 Å². The zero-order valence-electron chi connectivity index (χ0n) is 14.3. The highest BCUT2D eigenvalue weighted by Crippen LogP contribution is 2.24. The van der Waals surface area contributed by atoms with Crippen LogP contribution in [0.3, 0.4) is 0 Å². The lowest BCUT2D eigenvalue weighted by atomic mass is 10.0. The molecule has 24 heavy (non-hydrogen) atoms. The normalized spacial score (nSPS) is 24.2. The fraction of sp³-hybridized carbons (Fsp3) is 0.556. The summed E-state index contributed by atoms with van der Waals surface area (Å²) >= 11 is 0. The molecule has 1 aromatic rings.